The van der Waals surface area contributed by atoms with Gasteiger partial charge in [0.1, 0.15) is 6.10 Å². The molecule has 0 bridgehead atoms. The van der Waals surface area contributed by atoms with Gasteiger partial charge in [-0.3, -0.25) is 4.79 Å². The van der Waals surface area contributed by atoms with Crippen LogP contribution >= 0.6 is 0 Å². The molecule has 1 saturated heterocycles. The third-order valence-corrected chi connectivity index (χ3v) is 2.88. The second-order valence-corrected chi connectivity index (χ2v) is 5.17. The molecule has 1 aliphatic rings. The number of hydrogen-bond acceptors (Lipinski definition) is 4. The van der Waals surface area contributed by atoms with E-state index in [1.165, 1.54) is 0 Å². The summed E-state index contributed by atoms with van der Waals surface area (Å²) in [7, 11) is 0. The SMILES string of the molecule is CC(C)COCCCNC(=O)[C@@H]1CC[C@H](CN)O1. The third kappa shape index (κ3) is 5.80. The van der Waals surface area contributed by atoms with Crippen molar-refractivity contribution < 1.29 is 14.3 Å². The van der Waals surface area contributed by atoms with Crippen LogP contribution in [0.25, 0.3) is 0 Å². The molecule has 0 saturated carbocycles. The highest BCUT2D eigenvalue weighted by Gasteiger charge is 2.29. The van der Waals surface area contributed by atoms with Gasteiger partial charge in [0.2, 0.25) is 5.91 Å². The molecular formula is C13H26N2O3. The molecule has 18 heavy (non-hydrogen) atoms. The minimum atomic E-state index is -0.310. The van der Waals surface area contributed by atoms with E-state index in [1.54, 1.807) is 0 Å². The lowest BCUT2D eigenvalue weighted by atomic mass is 10.2. The van der Waals surface area contributed by atoms with Gasteiger partial charge in [-0.15, -0.1) is 0 Å². The van der Waals surface area contributed by atoms with Crippen LogP contribution < -0.4 is 11.1 Å². The summed E-state index contributed by atoms with van der Waals surface area (Å²) in [6.45, 7) is 6.84. The molecule has 3 N–H and O–H groups in total. The van der Waals surface area contributed by atoms with Crippen LogP contribution in [0, 0.1) is 5.92 Å². The second kappa shape index (κ2) is 8.45. The monoisotopic (exact) mass is 258 g/mol. The normalized spacial score (nSPS) is 23.6. The topological polar surface area (TPSA) is 73.6 Å². The quantitative estimate of drug-likeness (QED) is 0.628. The van der Waals surface area contributed by atoms with Crippen molar-refractivity contribution in [2.24, 2.45) is 11.7 Å². The van der Waals surface area contributed by atoms with Crippen LogP contribution in [0.3, 0.4) is 0 Å². The average Bonchev–Trinajstić information content (AvgIpc) is 2.81. The molecule has 5 nitrogen and oxygen atoms in total. The first-order valence-corrected chi connectivity index (χ1v) is 6.84. The van der Waals surface area contributed by atoms with E-state index in [2.05, 4.69) is 19.2 Å². The maximum atomic E-state index is 11.7. The van der Waals surface area contributed by atoms with Gasteiger partial charge in [0.25, 0.3) is 0 Å². The smallest absolute Gasteiger partial charge is 0.249 e. The van der Waals surface area contributed by atoms with E-state index >= 15 is 0 Å². The van der Waals surface area contributed by atoms with Gasteiger partial charge in [-0.25, -0.2) is 0 Å². The minimum Gasteiger partial charge on any atom is -0.381 e. The van der Waals surface area contributed by atoms with Crippen LogP contribution in [-0.2, 0) is 14.3 Å². The highest BCUT2D eigenvalue weighted by Crippen LogP contribution is 2.18. The number of hydrogen-bond donors (Lipinski definition) is 2. The van der Waals surface area contributed by atoms with Crippen molar-refractivity contribution >= 4 is 5.91 Å². The van der Waals surface area contributed by atoms with Crippen molar-refractivity contribution in [3.8, 4) is 0 Å². The Kier molecular flexibility index (Phi) is 7.23. The highest BCUT2D eigenvalue weighted by atomic mass is 16.5. The summed E-state index contributed by atoms with van der Waals surface area (Å²) in [4.78, 5) is 11.7. The number of nitrogens with two attached hydrogens (primary N) is 1. The van der Waals surface area contributed by atoms with E-state index in [0.717, 1.165) is 25.9 Å². The van der Waals surface area contributed by atoms with Crippen molar-refractivity contribution in [2.45, 2.75) is 45.3 Å². The van der Waals surface area contributed by atoms with Crippen molar-refractivity contribution in [3.63, 3.8) is 0 Å². The summed E-state index contributed by atoms with van der Waals surface area (Å²) in [5.74, 6) is 0.537. The van der Waals surface area contributed by atoms with Crippen LogP contribution in [0.4, 0.5) is 0 Å². The van der Waals surface area contributed by atoms with Gasteiger partial charge in [0, 0.05) is 26.3 Å². The molecule has 1 amide bonds. The molecule has 0 unspecified atom stereocenters. The van der Waals surface area contributed by atoms with Crippen LogP contribution in [0.1, 0.15) is 33.1 Å². The van der Waals surface area contributed by atoms with Crippen LogP contribution in [0.5, 0.6) is 0 Å². The molecular weight excluding hydrogens is 232 g/mol. The maximum absolute atomic E-state index is 11.7. The summed E-state index contributed by atoms with van der Waals surface area (Å²) in [6, 6.07) is 0. The number of rotatable bonds is 8. The van der Waals surface area contributed by atoms with E-state index in [1.807, 2.05) is 0 Å². The molecule has 0 spiro atoms. The minimum absolute atomic E-state index is 0.0187. The lowest BCUT2D eigenvalue weighted by Crippen LogP contribution is -2.36. The fourth-order valence-electron chi connectivity index (χ4n) is 1.89. The molecule has 106 valence electrons. The number of ether oxygens (including phenoxy) is 2. The predicted octanol–water partition coefficient (Wildman–Crippen LogP) is 0.672. The summed E-state index contributed by atoms with van der Waals surface area (Å²) in [5, 5.41) is 2.87. The Morgan fingerprint density at radius 3 is 2.89 bits per heavy atom. The number of nitrogens with one attached hydrogen (secondary N) is 1. The first-order chi connectivity index (χ1) is 8.63. The standard InChI is InChI=1S/C13H26N2O3/c1-10(2)9-17-7-3-6-15-13(16)12-5-4-11(8-14)18-12/h10-12H,3-9,14H2,1-2H3,(H,15,16)/t11-,12+/m1/s1. The van der Waals surface area contributed by atoms with Gasteiger partial charge in [-0.1, -0.05) is 13.8 Å². The third-order valence-electron chi connectivity index (χ3n) is 2.88. The molecule has 0 aliphatic carbocycles. The molecule has 0 aromatic carbocycles. The van der Waals surface area contributed by atoms with Crippen molar-refractivity contribution in [2.75, 3.05) is 26.3 Å². The van der Waals surface area contributed by atoms with E-state index in [-0.39, 0.29) is 18.1 Å². The van der Waals surface area contributed by atoms with Crippen molar-refractivity contribution in [1.82, 2.24) is 5.32 Å². The van der Waals surface area contributed by atoms with E-state index in [4.69, 9.17) is 15.2 Å². The lowest BCUT2D eigenvalue weighted by molar-refractivity contribution is -0.131. The predicted molar refractivity (Wildman–Crippen MR) is 70.2 cm³/mol. The fraction of sp³-hybridized carbons (Fsp3) is 0.923. The Morgan fingerprint density at radius 2 is 2.28 bits per heavy atom. The molecule has 0 aromatic heterocycles. The molecule has 2 atom stereocenters. The Bertz CT molecular complexity index is 246. The molecule has 1 fully saturated rings. The number of carbonyl (C=O) groups is 1. The van der Waals surface area contributed by atoms with Crippen LogP contribution in [0.15, 0.2) is 0 Å². The van der Waals surface area contributed by atoms with Gasteiger partial charge in [-0.05, 0) is 25.2 Å². The van der Waals surface area contributed by atoms with Gasteiger partial charge >= 0.3 is 0 Å². The summed E-state index contributed by atoms with van der Waals surface area (Å²) in [6.07, 6.45) is 2.24. The summed E-state index contributed by atoms with van der Waals surface area (Å²) >= 11 is 0. The maximum Gasteiger partial charge on any atom is 0.249 e. The van der Waals surface area contributed by atoms with Gasteiger partial charge in [0.15, 0.2) is 0 Å². The fourth-order valence-corrected chi connectivity index (χ4v) is 1.89. The van der Waals surface area contributed by atoms with Gasteiger partial charge < -0.3 is 20.5 Å². The zero-order valence-corrected chi connectivity index (χ0v) is 11.5. The Morgan fingerprint density at radius 1 is 1.50 bits per heavy atom. The first kappa shape index (κ1) is 15.4. The molecule has 0 radical (unpaired) electrons. The van der Waals surface area contributed by atoms with Crippen LogP contribution in [0.2, 0.25) is 0 Å². The summed E-state index contributed by atoms with van der Waals surface area (Å²) < 4.78 is 11.0. The number of carbonyl (C=O) groups excluding carboxylic acids is 1. The Labute approximate surface area is 109 Å². The Hall–Kier alpha value is -0.650. The van der Waals surface area contributed by atoms with E-state index in [0.29, 0.717) is 25.6 Å². The Balaban J connectivity index is 2.00. The average molecular weight is 258 g/mol. The van der Waals surface area contributed by atoms with Crippen molar-refractivity contribution in [3.05, 3.63) is 0 Å². The molecule has 0 aromatic rings. The zero-order chi connectivity index (χ0) is 13.4. The number of amides is 1. The largest absolute Gasteiger partial charge is 0.381 e. The highest BCUT2D eigenvalue weighted by molar-refractivity contribution is 5.80. The van der Waals surface area contributed by atoms with Crippen molar-refractivity contribution in [1.29, 1.82) is 0 Å². The first-order valence-electron chi connectivity index (χ1n) is 6.84. The second-order valence-electron chi connectivity index (χ2n) is 5.17. The van der Waals surface area contributed by atoms with Gasteiger partial charge in [-0.2, -0.15) is 0 Å². The van der Waals surface area contributed by atoms with E-state index < -0.39 is 0 Å². The zero-order valence-electron chi connectivity index (χ0n) is 11.5. The molecule has 1 rings (SSSR count). The molecule has 5 heteroatoms. The molecule has 1 heterocycles. The van der Waals surface area contributed by atoms with Crippen LogP contribution in [-0.4, -0.2) is 44.4 Å². The van der Waals surface area contributed by atoms with Gasteiger partial charge in [0.05, 0.1) is 6.10 Å². The molecule has 1 aliphatic heterocycles. The van der Waals surface area contributed by atoms with E-state index in [9.17, 15) is 4.79 Å². The summed E-state index contributed by atoms with van der Waals surface area (Å²) in [5.41, 5.74) is 5.50. The lowest BCUT2D eigenvalue weighted by Gasteiger charge is -2.12.